The van der Waals surface area contributed by atoms with Gasteiger partial charge in [0.25, 0.3) is 5.91 Å². The van der Waals surface area contributed by atoms with Crippen LogP contribution in [0.15, 0.2) is 24.3 Å². The zero-order chi connectivity index (χ0) is 19.9. The molecule has 0 bridgehead atoms. The molecule has 150 valence electrons. The average molecular weight is 383 g/mol. The Labute approximate surface area is 165 Å². The van der Waals surface area contributed by atoms with Crippen molar-refractivity contribution in [2.45, 2.75) is 64.1 Å². The molecule has 4 rings (SSSR count). The summed E-state index contributed by atoms with van der Waals surface area (Å²) >= 11 is 0. The molecule has 1 N–H and O–H groups in total. The molecule has 1 aromatic carbocycles. The Hall–Kier alpha value is -2.50. The van der Waals surface area contributed by atoms with Crippen molar-refractivity contribution < 1.29 is 14.3 Å². The molecule has 0 saturated heterocycles. The first-order valence-electron chi connectivity index (χ1n) is 10.3. The maximum absolute atomic E-state index is 13.4. The van der Waals surface area contributed by atoms with Crippen molar-refractivity contribution in [3.63, 3.8) is 0 Å². The van der Waals surface area contributed by atoms with Gasteiger partial charge in [0.05, 0.1) is 19.2 Å². The number of benzene rings is 1. The Morgan fingerprint density at radius 3 is 2.71 bits per heavy atom. The second kappa shape index (κ2) is 7.15. The molecule has 1 atom stereocenters. The minimum absolute atomic E-state index is 0.0448. The molecule has 2 amide bonds. The first-order chi connectivity index (χ1) is 13.5. The fourth-order valence-corrected chi connectivity index (χ4v) is 4.64. The van der Waals surface area contributed by atoms with Gasteiger partial charge in [-0.25, -0.2) is 0 Å². The summed E-state index contributed by atoms with van der Waals surface area (Å²) in [5.41, 5.74) is 0.666. The number of carbonyl (C=O) groups excluding carboxylic acids is 2. The Morgan fingerprint density at radius 2 is 2.04 bits per heavy atom. The number of ether oxygens (including phenoxy) is 1. The van der Waals surface area contributed by atoms with Crippen molar-refractivity contribution in [3.05, 3.63) is 30.0 Å². The molecule has 0 unspecified atom stereocenters. The average Bonchev–Trinajstić information content (AvgIpc) is 3.32. The largest absolute Gasteiger partial charge is 0.497 e. The normalized spacial score (nSPS) is 22.5. The summed E-state index contributed by atoms with van der Waals surface area (Å²) in [6.07, 6.45) is 5.18. The lowest BCUT2D eigenvalue weighted by Gasteiger charge is -2.44. The smallest absolute Gasteiger partial charge is 0.271 e. The van der Waals surface area contributed by atoms with Gasteiger partial charge >= 0.3 is 0 Å². The number of nitrogens with zero attached hydrogens (tertiary/aromatic N) is 2. The van der Waals surface area contributed by atoms with Crippen LogP contribution in [0.2, 0.25) is 0 Å². The zero-order valence-electron chi connectivity index (χ0n) is 17.0. The van der Waals surface area contributed by atoms with Crippen LogP contribution < -0.4 is 10.1 Å². The van der Waals surface area contributed by atoms with Crippen molar-refractivity contribution in [2.75, 3.05) is 13.7 Å². The van der Waals surface area contributed by atoms with Crippen LogP contribution in [0.4, 0.5) is 0 Å². The molecule has 2 aromatic rings. The lowest BCUT2D eigenvalue weighted by molar-refractivity contribution is -0.133. The highest BCUT2D eigenvalue weighted by molar-refractivity contribution is 6.03. The van der Waals surface area contributed by atoms with E-state index in [9.17, 15) is 9.59 Å². The third-order valence-corrected chi connectivity index (χ3v) is 6.26. The Bertz CT molecular complexity index is 913. The van der Waals surface area contributed by atoms with Crippen LogP contribution in [0.1, 0.15) is 56.4 Å². The molecule has 1 aliphatic heterocycles. The molecule has 1 aromatic heterocycles. The fourth-order valence-electron chi connectivity index (χ4n) is 4.64. The van der Waals surface area contributed by atoms with E-state index in [-0.39, 0.29) is 17.9 Å². The fraction of sp³-hybridized carbons (Fsp3) is 0.545. The Kier molecular flexibility index (Phi) is 4.81. The molecule has 1 aliphatic carbocycles. The van der Waals surface area contributed by atoms with Gasteiger partial charge in [-0.15, -0.1) is 0 Å². The number of fused-ring (bicyclic) bond motifs is 3. The van der Waals surface area contributed by atoms with E-state index >= 15 is 0 Å². The summed E-state index contributed by atoms with van der Waals surface area (Å²) in [4.78, 5) is 28.5. The van der Waals surface area contributed by atoms with Crippen LogP contribution in [-0.4, -0.2) is 46.5 Å². The summed E-state index contributed by atoms with van der Waals surface area (Å²) in [5, 5.41) is 4.21. The first-order valence-corrected chi connectivity index (χ1v) is 10.3. The number of carbonyl (C=O) groups is 2. The molecule has 2 aliphatic rings. The highest BCUT2D eigenvalue weighted by Crippen LogP contribution is 2.34. The van der Waals surface area contributed by atoms with Gasteiger partial charge in [-0.1, -0.05) is 19.8 Å². The van der Waals surface area contributed by atoms with Gasteiger partial charge in [0.1, 0.15) is 17.0 Å². The van der Waals surface area contributed by atoms with E-state index in [4.69, 9.17) is 4.74 Å². The number of aromatic nitrogens is 1. The molecule has 0 spiro atoms. The number of methoxy groups -OCH3 is 1. The third-order valence-electron chi connectivity index (χ3n) is 6.26. The lowest BCUT2D eigenvalue weighted by atomic mass is 9.94. The monoisotopic (exact) mass is 383 g/mol. The molecule has 1 fully saturated rings. The Balaban J connectivity index is 1.76. The quantitative estimate of drug-likeness (QED) is 0.861. The van der Waals surface area contributed by atoms with Crippen molar-refractivity contribution >= 4 is 22.7 Å². The zero-order valence-corrected chi connectivity index (χ0v) is 17.0. The van der Waals surface area contributed by atoms with Crippen LogP contribution in [0, 0.1) is 0 Å². The summed E-state index contributed by atoms with van der Waals surface area (Å²) < 4.78 is 7.36. The van der Waals surface area contributed by atoms with Crippen LogP contribution in [0.3, 0.4) is 0 Å². The maximum atomic E-state index is 13.4. The number of hydrogen-bond acceptors (Lipinski definition) is 3. The van der Waals surface area contributed by atoms with E-state index in [2.05, 4.69) is 5.32 Å². The number of rotatable bonds is 5. The van der Waals surface area contributed by atoms with E-state index in [0.717, 1.165) is 48.8 Å². The molecule has 1 saturated carbocycles. The van der Waals surface area contributed by atoms with Crippen LogP contribution in [-0.2, 0) is 11.3 Å². The molecule has 6 nitrogen and oxygen atoms in total. The van der Waals surface area contributed by atoms with Gasteiger partial charge in [0.2, 0.25) is 5.91 Å². The minimum Gasteiger partial charge on any atom is -0.497 e. The maximum Gasteiger partial charge on any atom is 0.271 e. The summed E-state index contributed by atoms with van der Waals surface area (Å²) in [5.74, 6) is 0.623. The Morgan fingerprint density at radius 1 is 1.29 bits per heavy atom. The summed E-state index contributed by atoms with van der Waals surface area (Å²) in [6.45, 7) is 4.96. The summed E-state index contributed by atoms with van der Waals surface area (Å²) in [6, 6.07) is 7.96. The van der Waals surface area contributed by atoms with Gasteiger partial charge in [0, 0.05) is 24.0 Å². The SMILES string of the molecule is CCCN1C(=O)c2cc3ccc(OC)cc3n2C[C@]1(C)C(=O)NC1CCCC1. The lowest BCUT2D eigenvalue weighted by Crippen LogP contribution is -2.64. The topological polar surface area (TPSA) is 63.6 Å². The number of hydrogen-bond donors (Lipinski definition) is 1. The van der Waals surface area contributed by atoms with Gasteiger partial charge in [-0.2, -0.15) is 0 Å². The second-order valence-corrected chi connectivity index (χ2v) is 8.23. The van der Waals surface area contributed by atoms with E-state index in [0.29, 0.717) is 18.8 Å². The van der Waals surface area contributed by atoms with Gasteiger partial charge in [0.15, 0.2) is 0 Å². The molecule has 2 heterocycles. The summed E-state index contributed by atoms with van der Waals surface area (Å²) in [7, 11) is 1.63. The number of amides is 2. The van der Waals surface area contributed by atoms with Crippen LogP contribution >= 0.6 is 0 Å². The first kappa shape index (κ1) is 18.8. The predicted octanol–water partition coefficient (Wildman–Crippen LogP) is 3.33. The molecule has 28 heavy (non-hydrogen) atoms. The van der Waals surface area contributed by atoms with E-state index in [1.54, 1.807) is 12.0 Å². The van der Waals surface area contributed by atoms with Crippen molar-refractivity contribution in [1.29, 1.82) is 0 Å². The van der Waals surface area contributed by atoms with Crippen molar-refractivity contribution in [2.24, 2.45) is 0 Å². The van der Waals surface area contributed by atoms with Crippen LogP contribution in [0.5, 0.6) is 5.75 Å². The van der Waals surface area contributed by atoms with Gasteiger partial charge < -0.3 is 19.5 Å². The predicted molar refractivity (Wildman–Crippen MR) is 109 cm³/mol. The van der Waals surface area contributed by atoms with Crippen LogP contribution in [0.25, 0.3) is 10.9 Å². The second-order valence-electron chi connectivity index (χ2n) is 8.23. The highest BCUT2D eigenvalue weighted by atomic mass is 16.5. The highest BCUT2D eigenvalue weighted by Gasteiger charge is 2.47. The molecule has 0 radical (unpaired) electrons. The molecule has 6 heteroatoms. The molecular weight excluding hydrogens is 354 g/mol. The van der Waals surface area contributed by atoms with Crippen molar-refractivity contribution in [1.82, 2.24) is 14.8 Å². The molecular formula is C22H29N3O3. The minimum atomic E-state index is -0.905. The van der Waals surface area contributed by atoms with E-state index < -0.39 is 5.54 Å². The third kappa shape index (κ3) is 2.95. The van der Waals surface area contributed by atoms with E-state index in [1.807, 2.05) is 42.7 Å². The number of nitrogens with one attached hydrogen (secondary N) is 1. The van der Waals surface area contributed by atoms with E-state index in [1.165, 1.54) is 0 Å². The van der Waals surface area contributed by atoms with Gasteiger partial charge in [-0.3, -0.25) is 9.59 Å². The van der Waals surface area contributed by atoms with Gasteiger partial charge in [-0.05, 0) is 44.4 Å². The standard InChI is InChI=1S/C22H29N3O3/c1-4-11-25-20(26)19-12-15-9-10-17(28-3)13-18(15)24(19)14-22(25,2)21(27)23-16-7-5-6-8-16/h9-10,12-13,16H,4-8,11,14H2,1-3H3,(H,23,27)/t22-/m1/s1. The van der Waals surface area contributed by atoms with Crippen molar-refractivity contribution in [3.8, 4) is 5.75 Å².